The summed E-state index contributed by atoms with van der Waals surface area (Å²) < 4.78 is 0. The van der Waals surface area contributed by atoms with E-state index in [-0.39, 0.29) is 5.54 Å². The van der Waals surface area contributed by atoms with Gasteiger partial charge in [-0.25, -0.2) is 0 Å². The van der Waals surface area contributed by atoms with Crippen LogP contribution in [0.1, 0.15) is 33.6 Å². The van der Waals surface area contributed by atoms with Crippen molar-refractivity contribution < 1.29 is 0 Å². The Balaban J connectivity index is 1.83. The smallest absolute Gasteiger partial charge is 0.0445 e. The second kappa shape index (κ2) is 4.63. The molecule has 2 aliphatic rings. The fraction of sp³-hybridized carbons (Fsp3) is 1.00. The van der Waals surface area contributed by atoms with Crippen molar-refractivity contribution in [2.75, 3.05) is 26.2 Å². The van der Waals surface area contributed by atoms with Crippen molar-refractivity contribution >= 4 is 0 Å². The van der Waals surface area contributed by atoms with Gasteiger partial charge in [-0.3, -0.25) is 4.90 Å². The monoisotopic (exact) mass is 225 g/mol. The zero-order chi connectivity index (χ0) is 11.8. The first-order valence-electron chi connectivity index (χ1n) is 6.75. The molecule has 1 saturated carbocycles. The maximum absolute atomic E-state index is 5.98. The molecule has 1 aliphatic heterocycles. The third kappa shape index (κ3) is 2.58. The predicted octanol–water partition coefficient (Wildman–Crippen LogP) is 1.04. The minimum Gasteiger partial charge on any atom is -0.329 e. The van der Waals surface area contributed by atoms with Crippen LogP contribution in [0.3, 0.4) is 0 Å². The van der Waals surface area contributed by atoms with Crippen molar-refractivity contribution in [3.8, 4) is 0 Å². The van der Waals surface area contributed by atoms with Gasteiger partial charge in [0.1, 0.15) is 0 Å². The van der Waals surface area contributed by atoms with Crippen molar-refractivity contribution in [1.29, 1.82) is 0 Å². The molecule has 2 fully saturated rings. The van der Waals surface area contributed by atoms with Crippen LogP contribution in [0, 0.1) is 11.8 Å². The average molecular weight is 225 g/mol. The lowest BCUT2D eigenvalue weighted by Crippen LogP contribution is -2.54. The maximum Gasteiger partial charge on any atom is 0.0445 e. The maximum atomic E-state index is 5.98. The van der Waals surface area contributed by atoms with Crippen LogP contribution in [0.2, 0.25) is 0 Å². The second-order valence-electron chi connectivity index (χ2n) is 6.15. The molecule has 3 atom stereocenters. The van der Waals surface area contributed by atoms with E-state index in [0.29, 0.717) is 6.04 Å². The van der Waals surface area contributed by atoms with E-state index < -0.39 is 0 Å². The molecule has 2 rings (SSSR count). The number of hydrogen-bond donors (Lipinski definition) is 2. The quantitative estimate of drug-likeness (QED) is 0.735. The number of nitrogens with zero attached hydrogens (tertiary/aromatic N) is 1. The van der Waals surface area contributed by atoms with E-state index >= 15 is 0 Å². The summed E-state index contributed by atoms with van der Waals surface area (Å²) in [6, 6.07) is 0.648. The van der Waals surface area contributed by atoms with Crippen LogP contribution in [0.4, 0.5) is 0 Å². The molecular weight excluding hydrogens is 198 g/mol. The highest BCUT2D eigenvalue weighted by atomic mass is 15.2. The lowest BCUT2D eigenvalue weighted by Gasteiger charge is -2.30. The van der Waals surface area contributed by atoms with Crippen molar-refractivity contribution in [3.63, 3.8) is 0 Å². The first-order chi connectivity index (χ1) is 7.56. The Morgan fingerprint density at radius 1 is 1.50 bits per heavy atom. The molecule has 1 aliphatic carbocycles. The highest BCUT2D eigenvalue weighted by Gasteiger charge is 2.40. The van der Waals surface area contributed by atoms with Gasteiger partial charge in [0.15, 0.2) is 0 Å². The molecule has 3 heteroatoms. The van der Waals surface area contributed by atoms with Crippen LogP contribution in [0.25, 0.3) is 0 Å². The number of likely N-dealkylation sites (tertiary alicyclic amines) is 1. The van der Waals surface area contributed by atoms with E-state index in [0.717, 1.165) is 24.9 Å². The molecule has 3 N–H and O–H groups in total. The normalized spacial score (nSPS) is 39.6. The molecular formula is C13H27N3. The minimum atomic E-state index is 0.201. The fourth-order valence-corrected chi connectivity index (χ4v) is 2.76. The summed E-state index contributed by atoms with van der Waals surface area (Å²) in [6.07, 6.45) is 2.62. The Bertz CT molecular complexity index is 241. The zero-order valence-corrected chi connectivity index (χ0v) is 11.0. The van der Waals surface area contributed by atoms with Gasteiger partial charge in [-0.2, -0.15) is 0 Å². The lowest BCUT2D eigenvalue weighted by atomic mass is 9.98. The Morgan fingerprint density at radius 2 is 2.19 bits per heavy atom. The first kappa shape index (κ1) is 12.3. The van der Waals surface area contributed by atoms with Crippen molar-refractivity contribution in [2.24, 2.45) is 17.6 Å². The number of nitrogens with one attached hydrogen (secondary N) is 1. The standard InChI is InChI=1S/C13H27N3/c1-10(2)16-5-4-13(8-14,9-16)15-7-12-6-11(12)3/h10-12,15H,4-9,14H2,1-3H3. The molecule has 3 nitrogen and oxygen atoms in total. The third-order valence-corrected chi connectivity index (χ3v) is 4.52. The van der Waals surface area contributed by atoms with Gasteiger partial charge in [0.25, 0.3) is 0 Å². The highest BCUT2D eigenvalue weighted by molar-refractivity contribution is 5.00. The van der Waals surface area contributed by atoms with Crippen molar-refractivity contribution in [3.05, 3.63) is 0 Å². The van der Waals surface area contributed by atoms with Crippen molar-refractivity contribution in [1.82, 2.24) is 10.2 Å². The fourth-order valence-electron chi connectivity index (χ4n) is 2.76. The topological polar surface area (TPSA) is 41.3 Å². The van der Waals surface area contributed by atoms with E-state index in [9.17, 15) is 0 Å². The Morgan fingerprint density at radius 3 is 2.62 bits per heavy atom. The minimum absolute atomic E-state index is 0.201. The van der Waals surface area contributed by atoms with Gasteiger partial charge in [0, 0.05) is 31.2 Å². The molecule has 0 aromatic carbocycles. The van der Waals surface area contributed by atoms with E-state index in [2.05, 4.69) is 31.0 Å². The molecule has 1 heterocycles. The van der Waals surface area contributed by atoms with Crippen LogP contribution >= 0.6 is 0 Å². The van der Waals surface area contributed by atoms with Crippen LogP contribution < -0.4 is 11.1 Å². The van der Waals surface area contributed by atoms with Gasteiger partial charge in [-0.15, -0.1) is 0 Å². The first-order valence-corrected chi connectivity index (χ1v) is 6.75. The van der Waals surface area contributed by atoms with Crippen LogP contribution in [-0.4, -0.2) is 42.7 Å². The van der Waals surface area contributed by atoms with E-state index in [1.54, 1.807) is 0 Å². The Hall–Kier alpha value is -0.120. The number of nitrogens with two attached hydrogens (primary N) is 1. The van der Waals surface area contributed by atoms with Gasteiger partial charge in [-0.1, -0.05) is 6.92 Å². The van der Waals surface area contributed by atoms with E-state index in [1.807, 2.05) is 0 Å². The van der Waals surface area contributed by atoms with Gasteiger partial charge in [0.05, 0.1) is 0 Å². The van der Waals surface area contributed by atoms with Crippen LogP contribution in [0.5, 0.6) is 0 Å². The Labute approximate surface area is 99.8 Å². The molecule has 94 valence electrons. The van der Waals surface area contributed by atoms with E-state index in [4.69, 9.17) is 5.73 Å². The summed E-state index contributed by atoms with van der Waals surface area (Å²) >= 11 is 0. The van der Waals surface area contributed by atoms with Crippen molar-refractivity contribution in [2.45, 2.75) is 45.2 Å². The molecule has 0 aromatic heterocycles. The summed E-state index contributed by atoms with van der Waals surface area (Å²) in [5.74, 6) is 1.85. The van der Waals surface area contributed by atoms with Gasteiger partial charge in [-0.05, 0) is 45.1 Å². The number of rotatable bonds is 5. The molecule has 1 saturated heterocycles. The average Bonchev–Trinajstić information content (AvgIpc) is 2.81. The van der Waals surface area contributed by atoms with Gasteiger partial charge < -0.3 is 11.1 Å². The SMILES string of the molecule is CC1CC1CNC1(CN)CCN(C(C)C)C1. The van der Waals surface area contributed by atoms with Gasteiger partial charge in [0.2, 0.25) is 0 Å². The zero-order valence-electron chi connectivity index (χ0n) is 11.0. The summed E-state index contributed by atoms with van der Waals surface area (Å²) in [5.41, 5.74) is 6.18. The second-order valence-corrected chi connectivity index (χ2v) is 6.15. The molecule has 0 bridgehead atoms. The number of hydrogen-bond acceptors (Lipinski definition) is 3. The predicted molar refractivity (Wildman–Crippen MR) is 68.4 cm³/mol. The summed E-state index contributed by atoms with van der Waals surface area (Å²) in [4.78, 5) is 2.54. The molecule has 0 radical (unpaired) electrons. The molecule has 0 spiro atoms. The van der Waals surface area contributed by atoms with Gasteiger partial charge >= 0.3 is 0 Å². The lowest BCUT2D eigenvalue weighted by molar-refractivity contribution is 0.240. The van der Waals surface area contributed by atoms with E-state index in [1.165, 1.54) is 25.9 Å². The molecule has 3 unspecified atom stereocenters. The molecule has 16 heavy (non-hydrogen) atoms. The summed E-state index contributed by atoms with van der Waals surface area (Å²) in [5, 5.41) is 3.76. The summed E-state index contributed by atoms with van der Waals surface area (Å²) in [7, 11) is 0. The highest BCUT2D eigenvalue weighted by Crippen LogP contribution is 2.37. The van der Waals surface area contributed by atoms with Crippen LogP contribution in [0.15, 0.2) is 0 Å². The molecule has 0 aromatic rings. The summed E-state index contributed by atoms with van der Waals surface area (Å²) in [6.45, 7) is 11.2. The molecule has 0 amide bonds. The third-order valence-electron chi connectivity index (χ3n) is 4.52. The Kier molecular flexibility index (Phi) is 3.57. The largest absolute Gasteiger partial charge is 0.329 e. The van der Waals surface area contributed by atoms with Crippen LogP contribution in [-0.2, 0) is 0 Å².